The summed E-state index contributed by atoms with van der Waals surface area (Å²) in [4.78, 5) is 4.08. The third-order valence-electron chi connectivity index (χ3n) is 3.10. The molecular weight excluding hydrogens is 303 g/mol. The highest BCUT2D eigenvalue weighted by Gasteiger charge is 2.31. The van der Waals surface area contributed by atoms with Gasteiger partial charge in [-0.2, -0.15) is 18.3 Å². The molecule has 0 radical (unpaired) electrons. The van der Waals surface area contributed by atoms with Crippen molar-refractivity contribution < 1.29 is 13.2 Å². The Morgan fingerprint density at radius 2 is 1.90 bits per heavy atom. The molecule has 0 atom stereocenters. The molecule has 0 aliphatic carbocycles. The van der Waals surface area contributed by atoms with E-state index in [2.05, 4.69) is 10.1 Å². The summed E-state index contributed by atoms with van der Waals surface area (Å²) in [6.07, 6.45) is -3.03. The van der Waals surface area contributed by atoms with Crippen molar-refractivity contribution in [1.29, 1.82) is 0 Å². The molecule has 0 aliphatic rings. The number of alkyl halides is 3. The molecule has 0 saturated heterocycles. The molecule has 0 N–H and O–H groups in total. The maximum absolute atomic E-state index is 12.7. The lowest BCUT2D eigenvalue weighted by Gasteiger charge is -2.11. The summed E-state index contributed by atoms with van der Waals surface area (Å²) in [7, 11) is 0. The Hall–Kier alpha value is -2.08. The topological polar surface area (TPSA) is 30.2 Å². The van der Waals surface area contributed by atoms with Crippen LogP contribution >= 0.6 is 11.6 Å². The number of fused-ring (bicyclic) bond motifs is 1. The monoisotopic (exact) mass is 311 g/mol. The Morgan fingerprint density at radius 1 is 1.14 bits per heavy atom. The first-order chi connectivity index (χ1) is 9.86. The molecule has 2 aromatic heterocycles. The van der Waals surface area contributed by atoms with Gasteiger partial charge in [0.15, 0.2) is 5.65 Å². The molecule has 0 bridgehead atoms. The Bertz CT molecular complexity index is 824. The maximum Gasteiger partial charge on any atom is 0.416 e. The number of nitrogens with zero attached hydrogens (tertiary/aromatic N) is 3. The van der Waals surface area contributed by atoms with Crippen molar-refractivity contribution in [3.8, 4) is 11.3 Å². The number of benzene rings is 1. The van der Waals surface area contributed by atoms with Crippen molar-refractivity contribution in [2.24, 2.45) is 0 Å². The molecule has 2 heterocycles. The molecule has 3 aromatic rings. The van der Waals surface area contributed by atoms with Crippen molar-refractivity contribution in [2.75, 3.05) is 0 Å². The summed E-state index contributed by atoms with van der Waals surface area (Å²) in [6, 6.07) is 6.90. The summed E-state index contributed by atoms with van der Waals surface area (Å²) in [5.74, 6) is 0. The highest BCUT2D eigenvalue weighted by Crippen LogP contribution is 2.35. The first-order valence-electron chi connectivity index (χ1n) is 6.04. The zero-order chi connectivity index (χ0) is 15.2. The van der Waals surface area contributed by atoms with Crippen LogP contribution in [0, 0.1) is 6.92 Å². The fraction of sp³-hybridized carbons (Fsp3) is 0.143. The van der Waals surface area contributed by atoms with Crippen LogP contribution in [0.3, 0.4) is 0 Å². The zero-order valence-corrected chi connectivity index (χ0v) is 11.6. The van der Waals surface area contributed by atoms with Gasteiger partial charge in [-0.25, -0.2) is 9.50 Å². The van der Waals surface area contributed by atoms with Crippen LogP contribution in [0.15, 0.2) is 36.7 Å². The van der Waals surface area contributed by atoms with E-state index >= 15 is 0 Å². The summed E-state index contributed by atoms with van der Waals surface area (Å²) in [5.41, 5.74) is 1.83. The normalized spacial score (nSPS) is 12.0. The quantitative estimate of drug-likeness (QED) is 0.667. The van der Waals surface area contributed by atoms with E-state index < -0.39 is 11.7 Å². The van der Waals surface area contributed by atoms with Crippen molar-refractivity contribution in [2.45, 2.75) is 13.1 Å². The highest BCUT2D eigenvalue weighted by atomic mass is 35.5. The van der Waals surface area contributed by atoms with Gasteiger partial charge in [0, 0.05) is 5.56 Å². The van der Waals surface area contributed by atoms with E-state index in [9.17, 15) is 13.2 Å². The first kappa shape index (κ1) is 13.9. The molecule has 0 spiro atoms. The molecule has 0 amide bonds. The largest absolute Gasteiger partial charge is 0.416 e. The Kier molecular flexibility index (Phi) is 3.13. The van der Waals surface area contributed by atoms with Crippen molar-refractivity contribution >= 4 is 17.2 Å². The van der Waals surface area contributed by atoms with E-state index in [-0.39, 0.29) is 5.02 Å². The van der Waals surface area contributed by atoms with E-state index in [1.54, 1.807) is 10.6 Å². The van der Waals surface area contributed by atoms with E-state index in [4.69, 9.17) is 11.6 Å². The van der Waals surface area contributed by atoms with E-state index in [0.717, 1.165) is 17.7 Å². The number of halogens is 4. The Balaban J connectivity index is 2.21. The van der Waals surface area contributed by atoms with Crippen molar-refractivity contribution in [1.82, 2.24) is 14.6 Å². The smallest absolute Gasteiger partial charge is 0.215 e. The fourth-order valence-corrected chi connectivity index (χ4v) is 2.42. The molecule has 0 fully saturated rings. The molecular formula is C14H9ClF3N3. The summed E-state index contributed by atoms with van der Waals surface area (Å²) < 4.78 is 39.6. The average Bonchev–Trinajstić information content (AvgIpc) is 2.84. The minimum atomic E-state index is -4.42. The average molecular weight is 312 g/mol. The first-order valence-corrected chi connectivity index (χ1v) is 6.41. The van der Waals surface area contributed by atoms with Crippen LogP contribution in [0.5, 0.6) is 0 Å². The van der Waals surface area contributed by atoms with Gasteiger partial charge >= 0.3 is 6.18 Å². The number of hydrogen-bond donors (Lipinski definition) is 0. The second-order valence-corrected chi connectivity index (χ2v) is 5.05. The third kappa shape index (κ3) is 2.47. The van der Waals surface area contributed by atoms with Crippen LogP contribution < -0.4 is 0 Å². The van der Waals surface area contributed by atoms with E-state index in [1.807, 2.05) is 13.0 Å². The zero-order valence-electron chi connectivity index (χ0n) is 10.8. The fourth-order valence-electron chi connectivity index (χ4n) is 2.15. The van der Waals surface area contributed by atoms with Gasteiger partial charge in [-0.1, -0.05) is 17.7 Å². The predicted octanol–water partition coefficient (Wildman–Crippen LogP) is 4.38. The standard InChI is InChI=1S/C14H9ClF3N3/c1-8-4-12(21-13(5-8)19-7-20-21)10-3-2-9(6-11(10)15)14(16,17)18/h2-7H,1H3. The molecule has 0 unspecified atom stereocenters. The number of rotatable bonds is 1. The third-order valence-corrected chi connectivity index (χ3v) is 3.41. The van der Waals surface area contributed by atoms with Crippen LogP contribution in [0.1, 0.15) is 11.1 Å². The minimum Gasteiger partial charge on any atom is -0.215 e. The lowest BCUT2D eigenvalue weighted by Crippen LogP contribution is -2.05. The van der Waals surface area contributed by atoms with Crippen LogP contribution in [0.2, 0.25) is 5.02 Å². The summed E-state index contributed by atoms with van der Waals surface area (Å²) >= 11 is 6.03. The van der Waals surface area contributed by atoms with Crippen LogP contribution in [0.25, 0.3) is 16.9 Å². The molecule has 108 valence electrons. The van der Waals surface area contributed by atoms with Crippen molar-refractivity contribution in [3.63, 3.8) is 0 Å². The Morgan fingerprint density at radius 3 is 2.57 bits per heavy atom. The van der Waals surface area contributed by atoms with Gasteiger partial charge in [-0.3, -0.25) is 0 Å². The van der Waals surface area contributed by atoms with Gasteiger partial charge in [0.1, 0.15) is 6.33 Å². The molecule has 0 aliphatic heterocycles. The van der Waals surface area contributed by atoms with Crippen LogP contribution in [-0.2, 0) is 6.18 Å². The lowest BCUT2D eigenvalue weighted by atomic mass is 10.1. The van der Waals surface area contributed by atoms with E-state index in [0.29, 0.717) is 16.9 Å². The SMILES string of the molecule is Cc1cc(-c2ccc(C(F)(F)F)cc2Cl)n2ncnc2c1. The summed E-state index contributed by atoms with van der Waals surface area (Å²) in [6.45, 7) is 1.87. The Labute approximate surface area is 123 Å². The van der Waals surface area contributed by atoms with Gasteiger partial charge in [-0.05, 0) is 36.8 Å². The molecule has 21 heavy (non-hydrogen) atoms. The van der Waals surface area contributed by atoms with Gasteiger partial charge < -0.3 is 0 Å². The highest BCUT2D eigenvalue weighted by molar-refractivity contribution is 6.33. The van der Waals surface area contributed by atoms with Gasteiger partial charge in [0.2, 0.25) is 0 Å². The number of hydrogen-bond acceptors (Lipinski definition) is 2. The maximum atomic E-state index is 12.7. The van der Waals surface area contributed by atoms with Crippen molar-refractivity contribution in [3.05, 3.63) is 52.8 Å². The van der Waals surface area contributed by atoms with Gasteiger partial charge in [0.25, 0.3) is 0 Å². The van der Waals surface area contributed by atoms with Crippen LogP contribution in [0.4, 0.5) is 13.2 Å². The number of aryl methyl sites for hydroxylation is 1. The van der Waals surface area contributed by atoms with Crippen LogP contribution in [-0.4, -0.2) is 14.6 Å². The predicted molar refractivity (Wildman–Crippen MR) is 73.2 cm³/mol. The second kappa shape index (κ2) is 4.73. The number of aromatic nitrogens is 3. The number of pyridine rings is 1. The lowest BCUT2D eigenvalue weighted by molar-refractivity contribution is -0.137. The molecule has 3 rings (SSSR count). The van der Waals surface area contributed by atoms with Gasteiger partial charge in [-0.15, -0.1) is 0 Å². The molecule has 3 nitrogen and oxygen atoms in total. The molecule has 0 saturated carbocycles. The molecule has 1 aromatic carbocycles. The van der Waals surface area contributed by atoms with E-state index in [1.165, 1.54) is 12.4 Å². The van der Waals surface area contributed by atoms with Gasteiger partial charge in [0.05, 0.1) is 16.3 Å². The second-order valence-electron chi connectivity index (χ2n) is 4.64. The minimum absolute atomic E-state index is 0.0206. The molecule has 7 heteroatoms. The summed E-state index contributed by atoms with van der Waals surface area (Å²) in [5, 5.41) is 4.09.